The molecule has 128 valence electrons. The van der Waals surface area contributed by atoms with Crippen molar-refractivity contribution in [2.24, 2.45) is 0 Å². The Kier molecular flexibility index (Phi) is 4.91. The highest BCUT2D eigenvalue weighted by Crippen LogP contribution is 2.30. The molecule has 0 radical (unpaired) electrons. The molecule has 4 nitrogen and oxygen atoms in total. The fourth-order valence-electron chi connectivity index (χ4n) is 2.91. The van der Waals surface area contributed by atoms with Gasteiger partial charge in [0.2, 0.25) is 0 Å². The van der Waals surface area contributed by atoms with E-state index in [0.717, 1.165) is 28.0 Å². The molecule has 0 bridgehead atoms. The molecule has 0 aromatic heterocycles. The second kappa shape index (κ2) is 7.11. The number of anilines is 1. The van der Waals surface area contributed by atoms with E-state index in [0.29, 0.717) is 12.2 Å². The molecular formula is C20H19ClN2O2. The van der Waals surface area contributed by atoms with Gasteiger partial charge >= 0.3 is 0 Å². The number of hydrogen-bond acceptors (Lipinski definition) is 3. The van der Waals surface area contributed by atoms with Crippen LogP contribution in [0.4, 0.5) is 5.69 Å². The van der Waals surface area contributed by atoms with E-state index in [4.69, 9.17) is 11.6 Å². The molecule has 5 heteroatoms. The summed E-state index contributed by atoms with van der Waals surface area (Å²) in [6.45, 7) is 4.36. The summed E-state index contributed by atoms with van der Waals surface area (Å²) in [5, 5.41) is 2.97. The number of benzene rings is 2. The van der Waals surface area contributed by atoms with Crippen LogP contribution in [0.3, 0.4) is 0 Å². The minimum Gasteiger partial charge on any atom is -0.379 e. The molecule has 25 heavy (non-hydrogen) atoms. The summed E-state index contributed by atoms with van der Waals surface area (Å²) in [5.74, 6) is -0.893. The average molecular weight is 355 g/mol. The van der Waals surface area contributed by atoms with Crippen molar-refractivity contribution in [2.45, 2.75) is 20.3 Å². The molecule has 2 aromatic rings. The molecule has 2 amide bonds. The van der Waals surface area contributed by atoms with Crippen LogP contribution in [0, 0.1) is 13.8 Å². The summed E-state index contributed by atoms with van der Waals surface area (Å²) < 4.78 is 0. The molecule has 1 N–H and O–H groups in total. The van der Waals surface area contributed by atoms with Gasteiger partial charge in [0.25, 0.3) is 11.8 Å². The van der Waals surface area contributed by atoms with Crippen molar-refractivity contribution in [3.8, 4) is 0 Å². The number of hydrogen-bond donors (Lipinski definition) is 1. The fourth-order valence-corrected chi connectivity index (χ4v) is 3.14. The molecule has 0 aliphatic carbocycles. The van der Waals surface area contributed by atoms with Crippen molar-refractivity contribution in [1.29, 1.82) is 0 Å². The van der Waals surface area contributed by atoms with Crippen molar-refractivity contribution < 1.29 is 9.59 Å². The predicted octanol–water partition coefficient (Wildman–Crippen LogP) is 3.46. The van der Waals surface area contributed by atoms with Gasteiger partial charge < -0.3 is 5.32 Å². The first-order valence-electron chi connectivity index (χ1n) is 8.12. The first-order chi connectivity index (χ1) is 12.0. The smallest absolute Gasteiger partial charge is 0.283 e. The number of nitrogens with one attached hydrogen (secondary N) is 1. The normalized spacial score (nSPS) is 14.4. The highest BCUT2D eigenvalue weighted by atomic mass is 35.5. The topological polar surface area (TPSA) is 49.4 Å². The minimum atomic E-state index is -0.485. The molecule has 0 unspecified atom stereocenters. The second-order valence-electron chi connectivity index (χ2n) is 6.09. The zero-order valence-corrected chi connectivity index (χ0v) is 14.9. The number of aryl methyl sites for hydroxylation is 2. The summed E-state index contributed by atoms with van der Waals surface area (Å²) >= 11 is 6.14. The molecule has 0 saturated heterocycles. The van der Waals surface area contributed by atoms with E-state index in [1.54, 1.807) is 6.07 Å². The van der Waals surface area contributed by atoms with Gasteiger partial charge in [-0.25, -0.2) is 4.90 Å². The summed E-state index contributed by atoms with van der Waals surface area (Å²) in [7, 11) is 0. The molecule has 0 saturated carbocycles. The van der Waals surface area contributed by atoms with Crippen molar-refractivity contribution in [1.82, 2.24) is 5.32 Å². The summed E-state index contributed by atoms with van der Waals surface area (Å²) in [4.78, 5) is 26.3. The van der Waals surface area contributed by atoms with Gasteiger partial charge in [-0.3, -0.25) is 9.59 Å². The number of rotatable bonds is 5. The zero-order valence-electron chi connectivity index (χ0n) is 14.2. The van der Waals surface area contributed by atoms with Gasteiger partial charge in [-0.15, -0.1) is 0 Å². The average Bonchev–Trinajstić information content (AvgIpc) is 2.80. The predicted molar refractivity (Wildman–Crippen MR) is 99.4 cm³/mol. The molecule has 1 aliphatic heterocycles. The van der Waals surface area contributed by atoms with Crippen LogP contribution in [-0.2, 0) is 16.0 Å². The summed E-state index contributed by atoms with van der Waals surface area (Å²) in [6, 6.07) is 15.5. The van der Waals surface area contributed by atoms with Gasteiger partial charge in [-0.2, -0.15) is 0 Å². The van der Waals surface area contributed by atoms with Gasteiger partial charge in [0, 0.05) is 6.54 Å². The molecular weight excluding hydrogens is 336 g/mol. The number of amides is 2. The summed E-state index contributed by atoms with van der Waals surface area (Å²) in [6.07, 6.45) is 0.736. The maximum Gasteiger partial charge on any atom is 0.283 e. The van der Waals surface area contributed by atoms with E-state index in [1.165, 1.54) is 0 Å². The van der Waals surface area contributed by atoms with Crippen molar-refractivity contribution in [3.05, 3.63) is 76.0 Å². The minimum absolute atomic E-state index is 0.0574. The largest absolute Gasteiger partial charge is 0.379 e. The molecule has 3 rings (SSSR count). The molecule has 0 fully saturated rings. The standard InChI is InChI=1S/C20H19ClN2O2/c1-13-8-9-16(14(2)12-13)23-19(24)17(21)18(20(23)25)22-11-10-15-6-4-3-5-7-15/h3-9,12,22H,10-11H2,1-2H3. The van der Waals surface area contributed by atoms with Crippen LogP contribution in [-0.4, -0.2) is 18.4 Å². The SMILES string of the molecule is Cc1ccc(N2C(=O)C(Cl)=C(NCCc3ccccc3)C2=O)c(C)c1. The molecule has 1 aliphatic rings. The van der Waals surface area contributed by atoms with E-state index in [9.17, 15) is 9.59 Å². The van der Waals surface area contributed by atoms with E-state index in [1.807, 2.05) is 56.3 Å². The first-order valence-corrected chi connectivity index (χ1v) is 8.50. The maximum atomic E-state index is 12.7. The first kappa shape index (κ1) is 17.2. The van der Waals surface area contributed by atoms with Crippen LogP contribution in [0.15, 0.2) is 59.3 Å². The highest BCUT2D eigenvalue weighted by Gasteiger charge is 2.39. The number of imide groups is 1. The number of halogens is 1. The van der Waals surface area contributed by atoms with Gasteiger partial charge in [0.15, 0.2) is 0 Å². The lowest BCUT2D eigenvalue weighted by Crippen LogP contribution is -2.34. The van der Waals surface area contributed by atoms with E-state index in [-0.39, 0.29) is 10.7 Å². The molecule has 0 atom stereocenters. The van der Waals surface area contributed by atoms with Gasteiger partial charge in [-0.05, 0) is 37.5 Å². The third-order valence-electron chi connectivity index (χ3n) is 4.18. The highest BCUT2D eigenvalue weighted by molar-refractivity contribution is 6.52. The Morgan fingerprint density at radius 3 is 2.40 bits per heavy atom. The zero-order chi connectivity index (χ0) is 18.0. The second-order valence-corrected chi connectivity index (χ2v) is 6.46. The summed E-state index contributed by atoms with van der Waals surface area (Å²) in [5.41, 5.74) is 3.81. The van der Waals surface area contributed by atoms with Crippen LogP contribution in [0.2, 0.25) is 0 Å². The number of carbonyl (C=O) groups excluding carboxylic acids is 2. The van der Waals surface area contributed by atoms with Crippen LogP contribution in [0.25, 0.3) is 0 Å². The van der Waals surface area contributed by atoms with Crippen LogP contribution in [0.1, 0.15) is 16.7 Å². The van der Waals surface area contributed by atoms with Gasteiger partial charge in [0.05, 0.1) is 5.69 Å². The van der Waals surface area contributed by atoms with Crippen LogP contribution < -0.4 is 10.2 Å². The monoisotopic (exact) mass is 354 g/mol. The third-order valence-corrected chi connectivity index (χ3v) is 4.53. The number of carbonyl (C=O) groups is 2. The molecule has 2 aromatic carbocycles. The van der Waals surface area contributed by atoms with Crippen molar-refractivity contribution >= 4 is 29.1 Å². The Bertz CT molecular complexity index is 859. The molecule has 0 spiro atoms. The lowest BCUT2D eigenvalue weighted by atomic mass is 10.1. The Labute approximate surface area is 152 Å². The van der Waals surface area contributed by atoms with Crippen molar-refractivity contribution in [3.63, 3.8) is 0 Å². The molecule has 1 heterocycles. The van der Waals surface area contributed by atoms with E-state index in [2.05, 4.69) is 5.32 Å². The Balaban J connectivity index is 1.75. The van der Waals surface area contributed by atoms with Crippen LogP contribution >= 0.6 is 11.6 Å². The lowest BCUT2D eigenvalue weighted by Gasteiger charge is -2.18. The van der Waals surface area contributed by atoms with Crippen LogP contribution in [0.5, 0.6) is 0 Å². The Hall–Kier alpha value is -2.59. The number of nitrogens with zero attached hydrogens (tertiary/aromatic N) is 1. The Morgan fingerprint density at radius 1 is 1.00 bits per heavy atom. The quantitative estimate of drug-likeness (QED) is 0.836. The van der Waals surface area contributed by atoms with Gasteiger partial charge in [-0.1, -0.05) is 59.6 Å². The lowest BCUT2D eigenvalue weighted by molar-refractivity contribution is -0.120. The van der Waals surface area contributed by atoms with Gasteiger partial charge in [0.1, 0.15) is 10.7 Å². The third kappa shape index (κ3) is 3.44. The van der Waals surface area contributed by atoms with E-state index >= 15 is 0 Å². The van der Waals surface area contributed by atoms with Crippen molar-refractivity contribution in [2.75, 3.05) is 11.4 Å². The maximum absolute atomic E-state index is 12.7. The Morgan fingerprint density at radius 2 is 1.72 bits per heavy atom. The fraction of sp³-hybridized carbons (Fsp3) is 0.200. The van der Waals surface area contributed by atoms with E-state index < -0.39 is 11.8 Å².